The van der Waals surface area contributed by atoms with E-state index >= 15 is 0 Å². The molecule has 17 heavy (non-hydrogen) atoms. The highest BCUT2D eigenvalue weighted by molar-refractivity contribution is 6.17. The van der Waals surface area contributed by atoms with E-state index in [1.165, 1.54) is 39.0 Å². The lowest BCUT2D eigenvalue weighted by atomic mass is 9.91. The lowest BCUT2D eigenvalue weighted by molar-refractivity contribution is 0.0582. The van der Waals surface area contributed by atoms with Crippen LogP contribution in [0.2, 0.25) is 0 Å². The fourth-order valence-electron chi connectivity index (χ4n) is 3.58. The Morgan fingerprint density at radius 2 is 1.94 bits per heavy atom. The Kier molecular flexibility index (Phi) is 4.38. The van der Waals surface area contributed by atoms with Crippen LogP contribution in [0.15, 0.2) is 0 Å². The Hall–Kier alpha value is 0.210. The van der Waals surface area contributed by atoms with Gasteiger partial charge in [0.15, 0.2) is 0 Å². The van der Waals surface area contributed by atoms with Gasteiger partial charge in [-0.05, 0) is 65.6 Å². The van der Waals surface area contributed by atoms with E-state index in [0.29, 0.717) is 5.54 Å². The molecule has 0 aliphatic carbocycles. The summed E-state index contributed by atoms with van der Waals surface area (Å²) in [5, 5.41) is 0. The van der Waals surface area contributed by atoms with E-state index < -0.39 is 0 Å². The number of piperidine rings is 1. The van der Waals surface area contributed by atoms with Crippen molar-refractivity contribution in [1.82, 2.24) is 9.80 Å². The Morgan fingerprint density at radius 3 is 2.59 bits per heavy atom. The van der Waals surface area contributed by atoms with E-state index in [1.807, 2.05) is 0 Å². The van der Waals surface area contributed by atoms with E-state index in [9.17, 15) is 0 Å². The van der Waals surface area contributed by atoms with Crippen molar-refractivity contribution in [2.75, 3.05) is 32.1 Å². The molecule has 0 spiro atoms. The normalized spacial score (nSPS) is 31.8. The largest absolute Gasteiger partial charge is 0.303 e. The second-order valence-electron chi connectivity index (χ2n) is 6.61. The SMILES string of the molecule is CC(C)(C)N1CCC2CN(CCCCl)CCC21. The van der Waals surface area contributed by atoms with Gasteiger partial charge < -0.3 is 4.90 Å². The van der Waals surface area contributed by atoms with Crippen molar-refractivity contribution in [2.24, 2.45) is 5.92 Å². The predicted octanol–water partition coefficient (Wildman–Crippen LogP) is 2.81. The Balaban J connectivity index is 1.89. The topological polar surface area (TPSA) is 6.48 Å². The third-order valence-corrected chi connectivity index (χ3v) is 4.66. The molecule has 3 heteroatoms. The summed E-state index contributed by atoms with van der Waals surface area (Å²) in [4.78, 5) is 5.35. The third kappa shape index (κ3) is 3.15. The van der Waals surface area contributed by atoms with Crippen molar-refractivity contribution in [3.8, 4) is 0 Å². The van der Waals surface area contributed by atoms with E-state index in [1.54, 1.807) is 0 Å². The van der Waals surface area contributed by atoms with Crippen LogP contribution < -0.4 is 0 Å². The number of rotatable bonds is 3. The summed E-state index contributed by atoms with van der Waals surface area (Å²) in [6.07, 6.45) is 3.88. The van der Waals surface area contributed by atoms with Gasteiger partial charge in [0.2, 0.25) is 0 Å². The van der Waals surface area contributed by atoms with Crippen LogP contribution >= 0.6 is 11.6 Å². The molecule has 100 valence electrons. The molecular formula is C14H27ClN2. The van der Waals surface area contributed by atoms with Gasteiger partial charge in [0, 0.05) is 24.0 Å². The molecule has 2 nitrogen and oxygen atoms in total. The van der Waals surface area contributed by atoms with E-state index in [2.05, 4.69) is 30.6 Å². The lowest BCUT2D eigenvalue weighted by Gasteiger charge is -2.43. The molecule has 0 N–H and O–H groups in total. The van der Waals surface area contributed by atoms with Crippen LogP contribution in [-0.2, 0) is 0 Å². The first-order valence-corrected chi connectivity index (χ1v) is 7.61. The summed E-state index contributed by atoms with van der Waals surface area (Å²) in [6.45, 7) is 12.1. The fraction of sp³-hybridized carbons (Fsp3) is 1.00. The number of alkyl halides is 1. The minimum Gasteiger partial charge on any atom is -0.303 e. The van der Waals surface area contributed by atoms with Crippen LogP contribution in [0.3, 0.4) is 0 Å². The van der Waals surface area contributed by atoms with Crippen LogP contribution in [0.4, 0.5) is 0 Å². The Labute approximate surface area is 111 Å². The molecule has 2 unspecified atom stereocenters. The standard InChI is InChI=1S/C14H27ClN2/c1-14(2,3)17-10-5-12-11-16(8-4-7-15)9-6-13(12)17/h12-13H,4-11H2,1-3H3. The zero-order chi connectivity index (χ0) is 12.5. The quantitative estimate of drug-likeness (QED) is 0.719. The first kappa shape index (κ1) is 13.6. The van der Waals surface area contributed by atoms with Crippen LogP contribution in [0.25, 0.3) is 0 Å². The number of likely N-dealkylation sites (tertiary alicyclic amines) is 2. The molecule has 0 saturated carbocycles. The lowest BCUT2D eigenvalue weighted by Crippen LogP contribution is -2.51. The first-order valence-electron chi connectivity index (χ1n) is 7.07. The molecule has 2 fully saturated rings. The predicted molar refractivity (Wildman–Crippen MR) is 74.7 cm³/mol. The van der Waals surface area contributed by atoms with Crippen molar-refractivity contribution in [3.63, 3.8) is 0 Å². The summed E-state index contributed by atoms with van der Waals surface area (Å²) in [5.41, 5.74) is 0.345. The molecule has 0 aromatic rings. The summed E-state index contributed by atoms with van der Waals surface area (Å²) >= 11 is 5.78. The zero-order valence-corrected chi connectivity index (χ0v) is 12.3. The molecule has 2 rings (SSSR count). The smallest absolute Gasteiger partial charge is 0.0235 e. The summed E-state index contributed by atoms with van der Waals surface area (Å²) < 4.78 is 0. The van der Waals surface area contributed by atoms with Gasteiger partial charge in [-0.3, -0.25) is 4.90 Å². The average Bonchev–Trinajstić information content (AvgIpc) is 2.68. The summed E-state index contributed by atoms with van der Waals surface area (Å²) in [6, 6.07) is 0.835. The monoisotopic (exact) mass is 258 g/mol. The highest BCUT2D eigenvalue weighted by Crippen LogP contribution is 2.35. The van der Waals surface area contributed by atoms with Crippen molar-refractivity contribution in [1.29, 1.82) is 0 Å². The minimum absolute atomic E-state index is 0.345. The highest BCUT2D eigenvalue weighted by Gasteiger charge is 2.41. The second-order valence-corrected chi connectivity index (χ2v) is 6.99. The highest BCUT2D eigenvalue weighted by atomic mass is 35.5. The van der Waals surface area contributed by atoms with Gasteiger partial charge in [-0.15, -0.1) is 11.6 Å². The van der Waals surface area contributed by atoms with Crippen molar-refractivity contribution in [2.45, 2.75) is 51.6 Å². The summed E-state index contributed by atoms with van der Waals surface area (Å²) in [5.74, 6) is 1.71. The Morgan fingerprint density at radius 1 is 1.18 bits per heavy atom. The van der Waals surface area contributed by atoms with Gasteiger partial charge in [-0.25, -0.2) is 0 Å². The van der Waals surface area contributed by atoms with Crippen molar-refractivity contribution in [3.05, 3.63) is 0 Å². The zero-order valence-electron chi connectivity index (χ0n) is 11.6. The van der Waals surface area contributed by atoms with Crippen molar-refractivity contribution >= 4 is 11.6 Å². The van der Waals surface area contributed by atoms with Gasteiger partial charge in [-0.1, -0.05) is 0 Å². The maximum atomic E-state index is 5.78. The number of fused-ring (bicyclic) bond motifs is 1. The van der Waals surface area contributed by atoms with Crippen LogP contribution in [0, 0.1) is 5.92 Å². The number of nitrogens with zero attached hydrogens (tertiary/aromatic N) is 2. The maximum Gasteiger partial charge on any atom is 0.0235 e. The third-order valence-electron chi connectivity index (χ3n) is 4.39. The van der Waals surface area contributed by atoms with Crippen molar-refractivity contribution < 1.29 is 0 Å². The molecule has 0 amide bonds. The number of hydrogen-bond donors (Lipinski definition) is 0. The molecule has 0 aromatic heterocycles. The second kappa shape index (κ2) is 5.46. The molecule has 2 heterocycles. The van der Waals surface area contributed by atoms with Gasteiger partial charge >= 0.3 is 0 Å². The van der Waals surface area contributed by atoms with Crippen LogP contribution in [-0.4, -0.2) is 53.4 Å². The van der Waals surface area contributed by atoms with E-state index in [-0.39, 0.29) is 0 Å². The van der Waals surface area contributed by atoms with Crippen LogP contribution in [0.5, 0.6) is 0 Å². The molecule has 0 aromatic carbocycles. The maximum absolute atomic E-state index is 5.78. The van der Waals surface area contributed by atoms with Gasteiger partial charge in [0.05, 0.1) is 0 Å². The number of hydrogen-bond acceptors (Lipinski definition) is 2. The molecule has 2 saturated heterocycles. The minimum atomic E-state index is 0.345. The van der Waals surface area contributed by atoms with Gasteiger partial charge in [0.1, 0.15) is 0 Å². The molecule has 0 radical (unpaired) electrons. The average molecular weight is 259 g/mol. The fourth-order valence-corrected chi connectivity index (χ4v) is 3.70. The summed E-state index contributed by atoms with van der Waals surface area (Å²) in [7, 11) is 0. The molecule has 2 aliphatic rings. The molecule has 2 atom stereocenters. The molecule has 0 bridgehead atoms. The van der Waals surface area contributed by atoms with E-state index in [4.69, 9.17) is 11.6 Å². The van der Waals surface area contributed by atoms with E-state index in [0.717, 1.165) is 24.3 Å². The van der Waals surface area contributed by atoms with Crippen LogP contribution in [0.1, 0.15) is 40.0 Å². The molecular weight excluding hydrogens is 232 g/mol. The van der Waals surface area contributed by atoms with Gasteiger partial charge in [0.25, 0.3) is 0 Å². The Bertz CT molecular complexity index is 249. The molecule has 2 aliphatic heterocycles. The van der Waals surface area contributed by atoms with Gasteiger partial charge in [-0.2, -0.15) is 0 Å². The first-order chi connectivity index (χ1) is 8.02. The number of halogens is 1.